The quantitative estimate of drug-likeness (QED) is 0.506. The summed E-state index contributed by atoms with van der Waals surface area (Å²) in [5, 5.41) is 8.46. The second-order valence-electron chi connectivity index (χ2n) is 3.55. The Bertz CT molecular complexity index is 207. The van der Waals surface area contributed by atoms with E-state index in [9.17, 15) is 4.79 Å². The first-order chi connectivity index (χ1) is 7.66. The Morgan fingerprint density at radius 1 is 1.12 bits per heavy atom. The zero-order valence-electron chi connectivity index (χ0n) is 9.74. The van der Waals surface area contributed by atoms with Crippen LogP contribution in [0.4, 0.5) is 0 Å². The molecule has 0 saturated heterocycles. The highest BCUT2D eigenvalue weighted by Gasteiger charge is 2.02. The maximum Gasteiger partial charge on any atom is 0.313 e. The minimum atomic E-state index is -0.799. The predicted molar refractivity (Wildman–Crippen MR) is 78.5 cm³/mol. The molecule has 0 aromatic heterocycles. The van der Waals surface area contributed by atoms with Gasteiger partial charge >= 0.3 is 5.97 Å². The highest BCUT2D eigenvalue weighted by atomic mass is 32.2. The van der Waals surface area contributed by atoms with Crippen molar-refractivity contribution in [1.82, 2.24) is 0 Å². The highest BCUT2D eigenvalue weighted by Crippen LogP contribution is 2.19. The molecule has 0 aliphatic heterocycles. The number of hydrogen-bond acceptors (Lipinski definition) is 4. The van der Waals surface area contributed by atoms with Crippen LogP contribution in [0, 0.1) is 0 Å². The van der Waals surface area contributed by atoms with Gasteiger partial charge in [-0.15, -0.1) is 11.8 Å². The van der Waals surface area contributed by atoms with Crippen molar-refractivity contribution in [2.75, 3.05) is 11.5 Å². The van der Waals surface area contributed by atoms with E-state index in [0.717, 1.165) is 9.28 Å². The molecule has 94 valence electrons. The fraction of sp³-hybridized carbons (Fsp3) is 0.818. The summed E-state index contributed by atoms with van der Waals surface area (Å²) in [5.41, 5.74) is 0. The third-order valence-corrected chi connectivity index (χ3v) is 4.80. The van der Waals surface area contributed by atoms with Crippen LogP contribution >= 0.6 is 35.7 Å². The van der Waals surface area contributed by atoms with Gasteiger partial charge in [0.1, 0.15) is 3.53 Å². The molecule has 0 amide bonds. The third kappa shape index (κ3) is 12.3. The van der Waals surface area contributed by atoms with Gasteiger partial charge in [0.25, 0.3) is 0 Å². The Hall–Kier alpha value is 0.260. The molecule has 0 atom stereocenters. The van der Waals surface area contributed by atoms with E-state index in [1.807, 2.05) is 0 Å². The van der Waals surface area contributed by atoms with Gasteiger partial charge in [0.2, 0.25) is 0 Å². The molecule has 0 aromatic carbocycles. The maximum atomic E-state index is 10.3. The zero-order chi connectivity index (χ0) is 12.2. The van der Waals surface area contributed by atoms with Crippen LogP contribution in [0.1, 0.15) is 45.4 Å². The Labute approximate surface area is 112 Å². The van der Waals surface area contributed by atoms with Crippen molar-refractivity contribution < 1.29 is 9.90 Å². The molecular weight excluding hydrogens is 260 g/mol. The van der Waals surface area contributed by atoms with Gasteiger partial charge < -0.3 is 5.11 Å². The fourth-order valence-corrected chi connectivity index (χ4v) is 3.14. The summed E-state index contributed by atoms with van der Waals surface area (Å²) in [4.78, 5) is 10.3. The van der Waals surface area contributed by atoms with E-state index < -0.39 is 5.97 Å². The lowest BCUT2D eigenvalue weighted by Gasteiger charge is -2.02. The first-order valence-corrected chi connectivity index (χ1v) is 8.06. The first kappa shape index (κ1) is 16.3. The van der Waals surface area contributed by atoms with E-state index in [0.29, 0.717) is 0 Å². The second kappa shape index (κ2) is 11.7. The Morgan fingerprint density at radius 3 is 2.38 bits per heavy atom. The molecule has 0 heterocycles. The maximum absolute atomic E-state index is 10.3. The van der Waals surface area contributed by atoms with Crippen molar-refractivity contribution in [1.29, 1.82) is 0 Å². The molecule has 0 aliphatic rings. The fourth-order valence-electron chi connectivity index (χ4n) is 1.20. The summed E-state index contributed by atoms with van der Waals surface area (Å²) >= 11 is 7.92. The molecule has 0 spiro atoms. The first-order valence-electron chi connectivity index (χ1n) is 5.68. The lowest BCUT2D eigenvalue weighted by molar-refractivity contribution is -0.133. The molecule has 2 nitrogen and oxygen atoms in total. The van der Waals surface area contributed by atoms with Gasteiger partial charge in [-0.25, -0.2) is 0 Å². The number of unbranched alkanes of at least 4 members (excludes halogenated alkanes) is 5. The highest BCUT2D eigenvalue weighted by molar-refractivity contribution is 8.47. The lowest BCUT2D eigenvalue weighted by atomic mass is 10.1. The van der Waals surface area contributed by atoms with Crippen molar-refractivity contribution in [2.45, 2.75) is 45.4 Å². The van der Waals surface area contributed by atoms with Gasteiger partial charge in [0.05, 0.1) is 5.75 Å². The van der Waals surface area contributed by atoms with E-state index in [1.165, 1.54) is 50.3 Å². The summed E-state index contributed by atoms with van der Waals surface area (Å²) < 4.78 is 0.760. The second-order valence-corrected chi connectivity index (χ2v) is 6.82. The van der Waals surface area contributed by atoms with Crippen molar-refractivity contribution in [3.05, 3.63) is 0 Å². The predicted octanol–water partition coefficient (Wildman–Crippen LogP) is 4.18. The average Bonchev–Trinajstić information content (AvgIpc) is 2.25. The molecule has 0 aromatic rings. The minimum Gasteiger partial charge on any atom is -0.481 e. The Balaban J connectivity index is 3.18. The smallest absolute Gasteiger partial charge is 0.313 e. The molecule has 0 radical (unpaired) electrons. The van der Waals surface area contributed by atoms with E-state index in [1.54, 1.807) is 11.8 Å². The molecule has 0 unspecified atom stereocenters. The van der Waals surface area contributed by atoms with Crippen LogP contribution in [-0.4, -0.2) is 26.1 Å². The van der Waals surface area contributed by atoms with Gasteiger partial charge in [-0.2, -0.15) is 0 Å². The topological polar surface area (TPSA) is 37.3 Å². The zero-order valence-corrected chi connectivity index (χ0v) is 12.2. The number of carboxylic acids is 1. The minimum absolute atomic E-state index is 0.0856. The molecular formula is C11H20O2S3. The summed E-state index contributed by atoms with van der Waals surface area (Å²) in [6.45, 7) is 2.22. The monoisotopic (exact) mass is 280 g/mol. The van der Waals surface area contributed by atoms with Gasteiger partial charge in [0, 0.05) is 0 Å². The van der Waals surface area contributed by atoms with Crippen LogP contribution in [0.2, 0.25) is 0 Å². The number of rotatable bonds is 9. The van der Waals surface area contributed by atoms with Gasteiger partial charge in [0.15, 0.2) is 0 Å². The van der Waals surface area contributed by atoms with Crippen molar-refractivity contribution in [3.8, 4) is 0 Å². The standard InChI is InChI=1S/C11H20O2S3/c1-2-3-4-5-6-7-8-15-11(14)16-9-10(12)13/h2-9H2,1H3,(H,12,13). The van der Waals surface area contributed by atoms with E-state index >= 15 is 0 Å². The number of carbonyl (C=O) groups is 1. The van der Waals surface area contributed by atoms with Crippen molar-refractivity contribution >= 4 is 45.2 Å². The molecule has 1 N–H and O–H groups in total. The van der Waals surface area contributed by atoms with Crippen LogP contribution in [0.5, 0.6) is 0 Å². The Morgan fingerprint density at radius 2 is 1.75 bits per heavy atom. The molecule has 0 fully saturated rings. The number of carboxylic acid groups (broad SMARTS) is 1. The number of aliphatic carboxylic acids is 1. The van der Waals surface area contributed by atoms with Crippen LogP contribution < -0.4 is 0 Å². The van der Waals surface area contributed by atoms with Crippen LogP contribution in [0.15, 0.2) is 0 Å². The molecule has 0 aliphatic carbocycles. The van der Waals surface area contributed by atoms with Gasteiger partial charge in [-0.3, -0.25) is 4.79 Å². The molecule has 0 bridgehead atoms. The van der Waals surface area contributed by atoms with Gasteiger partial charge in [-0.1, -0.05) is 63.0 Å². The number of hydrogen-bond donors (Lipinski definition) is 1. The molecule has 0 rings (SSSR count). The molecule has 5 heteroatoms. The molecule has 0 saturated carbocycles. The van der Waals surface area contributed by atoms with Crippen molar-refractivity contribution in [3.63, 3.8) is 0 Å². The van der Waals surface area contributed by atoms with Gasteiger partial charge in [-0.05, 0) is 12.2 Å². The van der Waals surface area contributed by atoms with E-state index in [2.05, 4.69) is 6.92 Å². The number of thiocarbonyl (C=S) groups is 1. The van der Waals surface area contributed by atoms with E-state index in [-0.39, 0.29) is 5.75 Å². The van der Waals surface area contributed by atoms with Crippen LogP contribution in [0.3, 0.4) is 0 Å². The van der Waals surface area contributed by atoms with Crippen molar-refractivity contribution in [2.24, 2.45) is 0 Å². The van der Waals surface area contributed by atoms with E-state index in [4.69, 9.17) is 17.3 Å². The normalized spacial score (nSPS) is 10.3. The SMILES string of the molecule is CCCCCCCCSC(=S)SCC(=O)O. The largest absolute Gasteiger partial charge is 0.481 e. The summed E-state index contributed by atoms with van der Waals surface area (Å²) in [7, 11) is 0. The summed E-state index contributed by atoms with van der Waals surface area (Å²) in [5.74, 6) is 0.312. The van der Waals surface area contributed by atoms with Crippen LogP contribution in [-0.2, 0) is 4.79 Å². The summed E-state index contributed by atoms with van der Waals surface area (Å²) in [6.07, 6.45) is 7.70. The third-order valence-electron chi connectivity index (χ3n) is 2.03. The van der Waals surface area contributed by atoms with Crippen LogP contribution in [0.25, 0.3) is 0 Å². The Kier molecular flexibility index (Phi) is 11.9. The summed E-state index contributed by atoms with van der Waals surface area (Å²) in [6, 6.07) is 0. The number of thioether (sulfide) groups is 2. The molecule has 16 heavy (non-hydrogen) atoms. The average molecular weight is 280 g/mol. The lowest BCUT2D eigenvalue weighted by Crippen LogP contribution is -1.99.